The molecule has 1 aliphatic heterocycles. The Morgan fingerprint density at radius 3 is 2.45 bits per heavy atom. The molecule has 148 valence electrons. The number of likely N-dealkylation sites (tertiary alicyclic amines) is 1. The van der Waals surface area contributed by atoms with Crippen LogP contribution in [0, 0.1) is 0 Å². The van der Waals surface area contributed by atoms with E-state index in [0.717, 1.165) is 31.5 Å². The number of hydrogen-bond acceptors (Lipinski definition) is 4. The standard InChI is InChI=1S/C23H22N2O4/c26-21(19-14-18-6-2-3-7-20(18)29-23(19)28)24-15-16-8-10-17(11-9-16)22(27)25-12-4-1-5-13-25/h2-3,6-11,14H,1,4-5,12-13,15H2,(H,24,26). The van der Waals surface area contributed by atoms with Crippen molar-refractivity contribution in [3.8, 4) is 0 Å². The van der Waals surface area contributed by atoms with Crippen molar-refractivity contribution in [2.24, 2.45) is 0 Å². The fourth-order valence-corrected chi connectivity index (χ4v) is 3.54. The Kier molecular flexibility index (Phi) is 5.42. The zero-order valence-electron chi connectivity index (χ0n) is 16.0. The lowest BCUT2D eigenvalue weighted by molar-refractivity contribution is 0.0724. The molecular formula is C23H22N2O4. The summed E-state index contributed by atoms with van der Waals surface area (Å²) in [4.78, 5) is 38.9. The molecule has 2 amide bonds. The fourth-order valence-electron chi connectivity index (χ4n) is 3.54. The van der Waals surface area contributed by atoms with Crippen LogP contribution in [-0.2, 0) is 6.54 Å². The average Bonchev–Trinajstić information content (AvgIpc) is 2.77. The number of carbonyl (C=O) groups is 2. The summed E-state index contributed by atoms with van der Waals surface area (Å²) in [6.45, 7) is 1.87. The van der Waals surface area contributed by atoms with Crippen molar-refractivity contribution in [2.45, 2.75) is 25.8 Å². The summed E-state index contributed by atoms with van der Waals surface area (Å²) in [7, 11) is 0. The maximum Gasteiger partial charge on any atom is 0.349 e. The number of carbonyl (C=O) groups excluding carboxylic acids is 2. The summed E-state index contributed by atoms with van der Waals surface area (Å²) in [5.74, 6) is -0.438. The van der Waals surface area contributed by atoms with Crippen LogP contribution in [0.5, 0.6) is 0 Å². The topological polar surface area (TPSA) is 79.6 Å². The molecule has 1 fully saturated rings. The zero-order chi connectivity index (χ0) is 20.2. The molecule has 29 heavy (non-hydrogen) atoms. The molecule has 0 aliphatic carbocycles. The van der Waals surface area contributed by atoms with Crippen LogP contribution in [0.3, 0.4) is 0 Å². The van der Waals surface area contributed by atoms with Gasteiger partial charge in [-0.05, 0) is 49.1 Å². The second kappa shape index (κ2) is 8.31. The Labute approximate surface area is 168 Å². The van der Waals surface area contributed by atoms with Gasteiger partial charge in [0.15, 0.2) is 0 Å². The quantitative estimate of drug-likeness (QED) is 0.693. The minimum absolute atomic E-state index is 0.0272. The monoisotopic (exact) mass is 390 g/mol. The molecule has 0 radical (unpaired) electrons. The Morgan fingerprint density at radius 2 is 1.69 bits per heavy atom. The van der Waals surface area contributed by atoms with E-state index in [4.69, 9.17) is 4.42 Å². The fraction of sp³-hybridized carbons (Fsp3) is 0.261. The van der Waals surface area contributed by atoms with E-state index in [0.29, 0.717) is 16.5 Å². The van der Waals surface area contributed by atoms with Crippen LogP contribution in [0.1, 0.15) is 45.5 Å². The van der Waals surface area contributed by atoms with Crippen molar-refractivity contribution in [3.05, 3.63) is 81.7 Å². The Bertz CT molecular complexity index is 1100. The molecular weight excluding hydrogens is 368 g/mol. The third-order valence-corrected chi connectivity index (χ3v) is 5.18. The predicted molar refractivity (Wildman–Crippen MR) is 110 cm³/mol. The van der Waals surface area contributed by atoms with Gasteiger partial charge >= 0.3 is 5.63 Å². The summed E-state index contributed by atoms with van der Waals surface area (Å²) >= 11 is 0. The van der Waals surface area contributed by atoms with Gasteiger partial charge in [0.1, 0.15) is 11.1 Å². The van der Waals surface area contributed by atoms with E-state index in [1.54, 1.807) is 30.3 Å². The maximum absolute atomic E-state index is 12.5. The van der Waals surface area contributed by atoms with Crippen molar-refractivity contribution in [1.82, 2.24) is 10.2 Å². The summed E-state index contributed by atoms with van der Waals surface area (Å²) in [6.07, 6.45) is 3.29. The number of nitrogens with one attached hydrogen (secondary N) is 1. The first-order valence-corrected chi connectivity index (χ1v) is 9.81. The first-order chi connectivity index (χ1) is 14.1. The van der Waals surface area contributed by atoms with Gasteiger partial charge in [0.05, 0.1) is 0 Å². The number of rotatable bonds is 4. The molecule has 4 rings (SSSR count). The van der Waals surface area contributed by atoms with E-state index in [9.17, 15) is 14.4 Å². The zero-order valence-corrected chi connectivity index (χ0v) is 16.0. The molecule has 0 unspecified atom stereocenters. The van der Waals surface area contributed by atoms with E-state index in [-0.39, 0.29) is 18.0 Å². The molecule has 1 N–H and O–H groups in total. The second-order valence-corrected chi connectivity index (χ2v) is 7.22. The third-order valence-electron chi connectivity index (χ3n) is 5.18. The van der Waals surface area contributed by atoms with Gasteiger partial charge in [0, 0.05) is 30.6 Å². The molecule has 2 aromatic carbocycles. The number of hydrogen-bond donors (Lipinski definition) is 1. The first-order valence-electron chi connectivity index (χ1n) is 9.81. The summed E-state index contributed by atoms with van der Waals surface area (Å²) in [6, 6.07) is 15.8. The largest absolute Gasteiger partial charge is 0.422 e. The molecule has 6 nitrogen and oxygen atoms in total. The van der Waals surface area contributed by atoms with Crippen molar-refractivity contribution in [3.63, 3.8) is 0 Å². The number of piperidine rings is 1. The van der Waals surface area contributed by atoms with Gasteiger partial charge in [-0.15, -0.1) is 0 Å². The molecule has 0 saturated carbocycles. The van der Waals surface area contributed by atoms with Crippen LogP contribution in [0.15, 0.2) is 63.8 Å². The molecule has 0 spiro atoms. The van der Waals surface area contributed by atoms with E-state index < -0.39 is 11.5 Å². The van der Waals surface area contributed by atoms with Crippen molar-refractivity contribution in [2.75, 3.05) is 13.1 Å². The van der Waals surface area contributed by atoms with Gasteiger partial charge in [-0.25, -0.2) is 4.79 Å². The SMILES string of the molecule is O=C(NCc1ccc(C(=O)N2CCCCC2)cc1)c1cc2ccccc2oc1=O. The molecule has 1 saturated heterocycles. The average molecular weight is 390 g/mol. The number of para-hydroxylation sites is 1. The molecule has 3 aromatic rings. The lowest BCUT2D eigenvalue weighted by Crippen LogP contribution is -2.35. The highest BCUT2D eigenvalue weighted by molar-refractivity contribution is 5.96. The Balaban J connectivity index is 1.41. The van der Waals surface area contributed by atoms with Crippen LogP contribution in [-0.4, -0.2) is 29.8 Å². The van der Waals surface area contributed by atoms with Gasteiger partial charge in [0.2, 0.25) is 0 Å². The summed E-state index contributed by atoms with van der Waals surface area (Å²) < 4.78 is 5.21. The van der Waals surface area contributed by atoms with Crippen molar-refractivity contribution >= 4 is 22.8 Å². The highest BCUT2D eigenvalue weighted by Crippen LogP contribution is 2.15. The minimum Gasteiger partial charge on any atom is -0.422 e. The second-order valence-electron chi connectivity index (χ2n) is 7.22. The summed E-state index contributed by atoms with van der Waals surface area (Å²) in [5, 5.41) is 3.43. The predicted octanol–water partition coefficient (Wildman–Crippen LogP) is 3.35. The van der Waals surface area contributed by atoms with Gasteiger partial charge in [0.25, 0.3) is 11.8 Å². The molecule has 1 aliphatic rings. The number of nitrogens with zero attached hydrogens (tertiary/aromatic N) is 1. The lowest BCUT2D eigenvalue weighted by Gasteiger charge is -2.26. The van der Waals surface area contributed by atoms with E-state index in [1.807, 2.05) is 23.1 Å². The first kappa shape index (κ1) is 18.9. The number of amides is 2. The summed E-state index contributed by atoms with van der Waals surface area (Å²) in [5.41, 5.74) is 1.25. The van der Waals surface area contributed by atoms with Gasteiger partial charge in [-0.2, -0.15) is 0 Å². The van der Waals surface area contributed by atoms with E-state index in [2.05, 4.69) is 5.32 Å². The molecule has 0 atom stereocenters. The van der Waals surface area contributed by atoms with Gasteiger partial charge < -0.3 is 14.6 Å². The number of benzene rings is 2. The lowest BCUT2D eigenvalue weighted by atomic mass is 10.1. The normalized spacial score (nSPS) is 14.0. The minimum atomic E-state index is -0.663. The maximum atomic E-state index is 12.5. The molecule has 6 heteroatoms. The third kappa shape index (κ3) is 4.21. The van der Waals surface area contributed by atoms with Crippen LogP contribution in [0.2, 0.25) is 0 Å². The highest BCUT2D eigenvalue weighted by Gasteiger charge is 2.18. The van der Waals surface area contributed by atoms with Crippen LogP contribution in [0.4, 0.5) is 0 Å². The van der Waals surface area contributed by atoms with Crippen LogP contribution in [0.25, 0.3) is 11.0 Å². The number of fused-ring (bicyclic) bond motifs is 1. The van der Waals surface area contributed by atoms with Crippen LogP contribution < -0.4 is 10.9 Å². The Hall–Kier alpha value is -3.41. The van der Waals surface area contributed by atoms with Crippen molar-refractivity contribution in [1.29, 1.82) is 0 Å². The smallest absolute Gasteiger partial charge is 0.349 e. The Morgan fingerprint density at radius 1 is 0.966 bits per heavy atom. The highest BCUT2D eigenvalue weighted by atomic mass is 16.4. The van der Waals surface area contributed by atoms with Gasteiger partial charge in [-0.1, -0.05) is 30.3 Å². The molecule has 1 aromatic heterocycles. The van der Waals surface area contributed by atoms with Gasteiger partial charge in [-0.3, -0.25) is 9.59 Å². The van der Waals surface area contributed by atoms with E-state index in [1.165, 1.54) is 12.5 Å². The van der Waals surface area contributed by atoms with Crippen LogP contribution >= 0.6 is 0 Å². The molecule has 0 bridgehead atoms. The van der Waals surface area contributed by atoms with E-state index >= 15 is 0 Å². The molecule has 2 heterocycles. The van der Waals surface area contributed by atoms with Crippen molar-refractivity contribution < 1.29 is 14.0 Å².